The first-order valence-electron chi connectivity index (χ1n) is 24.2. The molecule has 0 fully saturated rings. The van der Waals surface area contributed by atoms with Crippen LogP contribution in [0, 0.1) is 0 Å². The van der Waals surface area contributed by atoms with E-state index in [2.05, 4.69) is 142 Å². The Kier molecular flexibility index (Phi) is 45.7. The highest BCUT2D eigenvalue weighted by Crippen LogP contribution is 2.11. The first-order chi connectivity index (χ1) is 30.5. The van der Waals surface area contributed by atoms with Crippen LogP contribution in [0.1, 0.15) is 181 Å². The summed E-state index contributed by atoms with van der Waals surface area (Å²) >= 11 is 0. The maximum absolute atomic E-state index is 12.8. The van der Waals surface area contributed by atoms with Crippen molar-refractivity contribution in [3.63, 3.8) is 0 Å². The predicted octanol–water partition coefficient (Wildman–Crippen LogP) is 15.9. The standard InChI is InChI=1S/C56H86O6/c1-4-7-10-13-16-19-22-25-27-29-31-34-37-40-43-46-49-55(58)61-52-53(51-60-54(57)48-45-42-39-36-33-24-21-18-15-12-9-6-3)62-56(59)50-47-44-41-38-35-32-30-28-26-23-20-17-14-11-8-5-2/h7-12,16-21,25-28,31-32,34-35,40,43,53H,4-6,13-15,22-24,29-30,33,36-39,41-42,44-52H2,1-3H3/b10-7-,11-8-,12-9-,19-16-,20-17-,21-18-,27-25-,28-26-,34-31-,35-32-,43-40-. The minimum atomic E-state index is -0.834. The molecule has 0 rings (SSSR count). The van der Waals surface area contributed by atoms with Crippen molar-refractivity contribution < 1.29 is 28.6 Å². The third kappa shape index (κ3) is 46.6. The molecule has 6 heteroatoms. The molecule has 6 nitrogen and oxygen atoms in total. The zero-order valence-corrected chi connectivity index (χ0v) is 39.3. The van der Waals surface area contributed by atoms with Gasteiger partial charge in [0.1, 0.15) is 13.2 Å². The second-order valence-corrected chi connectivity index (χ2v) is 15.2. The summed E-state index contributed by atoms with van der Waals surface area (Å²) in [7, 11) is 0. The van der Waals surface area contributed by atoms with Crippen LogP contribution in [-0.2, 0) is 28.6 Å². The Morgan fingerprint density at radius 2 is 0.613 bits per heavy atom. The SMILES string of the molecule is CC/C=C\C/C=C\C/C=C\C/C=C\C/C=C\CCC(=O)OCC(COC(=O)CCCCCCC/C=C\C/C=C\CC)OC(=O)CCCCC/C=C\C/C=C\C/C=C\C/C=C\CC. The number of hydrogen-bond donors (Lipinski definition) is 0. The monoisotopic (exact) mass is 855 g/mol. The Labute approximate surface area is 379 Å². The van der Waals surface area contributed by atoms with E-state index in [1.54, 1.807) is 0 Å². The molecule has 0 aliphatic rings. The van der Waals surface area contributed by atoms with Gasteiger partial charge in [0.2, 0.25) is 0 Å². The quantitative estimate of drug-likeness (QED) is 0.0264. The van der Waals surface area contributed by atoms with E-state index in [9.17, 15) is 14.4 Å². The first kappa shape index (κ1) is 57.5. The van der Waals surface area contributed by atoms with Crippen LogP contribution < -0.4 is 0 Å². The van der Waals surface area contributed by atoms with Crippen LogP contribution in [0.15, 0.2) is 134 Å². The molecule has 62 heavy (non-hydrogen) atoms. The molecular weight excluding hydrogens is 769 g/mol. The van der Waals surface area contributed by atoms with Gasteiger partial charge in [-0.15, -0.1) is 0 Å². The molecule has 0 aliphatic heterocycles. The van der Waals surface area contributed by atoms with Crippen LogP contribution in [-0.4, -0.2) is 37.2 Å². The van der Waals surface area contributed by atoms with Crippen molar-refractivity contribution in [2.24, 2.45) is 0 Å². The lowest BCUT2D eigenvalue weighted by molar-refractivity contribution is -0.166. The fourth-order valence-corrected chi connectivity index (χ4v) is 5.87. The summed E-state index contributed by atoms with van der Waals surface area (Å²) in [4.78, 5) is 37.9. The van der Waals surface area contributed by atoms with Gasteiger partial charge in [-0.25, -0.2) is 0 Å². The largest absolute Gasteiger partial charge is 0.462 e. The van der Waals surface area contributed by atoms with Gasteiger partial charge >= 0.3 is 17.9 Å². The molecule has 346 valence electrons. The number of ether oxygens (including phenoxy) is 3. The minimum absolute atomic E-state index is 0.127. The average molecular weight is 855 g/mol. The topological polar surface area (TPSA) is 78.9 Å². The molecule has 0 N–H and O–H groups in total. The maximum Gasteiger partial charge on any atom is 0.306 e. The van der Waals surface area contributed by atoms with Crippen LogP contribution in [0.25, 0.3) is 0 Å². The van der Waals surface area contributed by atoms with Crippen molar-refractivity contribution in [1.29, 1.82) is 0 Å². The molecule has 0 amide bonds. The summed E-state index contributed by atoms with van der Waals surface area (Å²) in [6.07, 6.45) is 68.8. The average Bonchev–Trinajstić information content (AvgIpc) is 3.27. The molecule has 0 radical (unpaired) electrons. The third-order valence-corrected chi connectivity index (χ3v) is 9.39. The number of unbranched alkanes of at least 4 members (excludes halogenated alkanes) is 8. The fraction of sp³-hybridized carbons (Fsp3) is 0.554. The van der Waals surface area contributed by atoms with Crippen molar-refractivity contribution in [1.82, 2.24) is 0 Å². The van der Waals surface area contributed by atoms with E-state index in [-0.39, 0.29) is 44.0 Å². The molecular formula is C56H86O6. The summed E-state index contributed by atoms with van der Waals surface area (Å²) in [5.41, 5.74) is 0. The summed E-state index contributed by atoms with van der Waals surface area (Å²) < 4.78 is 16.6. The molecule has 0 saturated heterocycles. The van der Waals surface area contributed by atoms with E-state index in [1.807, 2.05) is 12.2 Å². The number of esters is 3. The highest BCUT2D eigenvalue weighted by Gasteiger charge is 2.19. The number of carbonyl (C=O) groups is 3. The number of allylic oxidation sites excluding steroid dienone is 22. The molecule has 0 aliphatic carbocycles. The van der Waals surface area contributed by atoms with Gasteiger partial charge in [-0.05, 0) is 116 Å². The van der Waals surface area contributed by atoms with Crippen molar-refractivity contribution in [2.45, 2.75) is 187 Å². The Bertz CT molecular complexity index is 1400. The van der Waals surface area contributed by atoms with E-state index in [0.29, 0.717) is 19.3 Å². The number of hydrogen-bond acceptors (Lipinski definition) is 6. The van der Waals surface area contributed by atoms with E-state index in [4.69, 9.17) is 14.2 Å². The summed E-state index contributed by atoms with van der Waals surface area (Å²) in [5, 5.41) is 0. The Hall–Kier alpha value is -4.45. The molecule has 1 unspecified atom stereocenters. The summed E-state index contributed by atoms with van der Waals surface area (Å²) in [6.45, 7) is 6.16. The van der Waals surface area contributed by atoms with Gasteiger partial charge in [0.05, 0.1) is 0 Å². The summed E-state index contributed by atoms with van der Waals surface area (Å²) in [6, 6.07) is 0. The van der Waals surface area contributed by atoms with Crippen LogP contribution in [0.2, 0.25) is 0 Å². The molecule has 0 aromatic rings. The molecule has 0 saturated carbocycles. The number of rotatable bonds is 41. The van der Waals surface area contributed by atoms with Gasteiger partial charge in [-0.1, -0.05) is 180 Å². The van der Waals surface area contributed by atoms with Crippen LogP contribution >= 0.6 is 0 Å². The zero-order chi connectivity index (χ0) is 45.1. The van der Waals surface area contributed by atoms with Crippen molar-refractivity contribution in [3.8, 4) is 0 Å². The lowest BCUT2D eigenvalue weighted by Crippen LogP contribution is -2.30. The summed E-state index contributed by atoms with van der Waals surface area (Å²) in [5.74, 6) is -1.07. The van der Waals surface area contributed by atoms with Crippen molar-refractivity contribution >= 4 is 17.9 Å². The second kappa shape index (κ2) is 49.2. The van der Waals surface area contributed by atoms with Gasteiger partial charge < -0.3 is 14.2 Å². The predicted molar refractivity (Wildman–Crippen MR) is 265 cm³/mol. The molecule has 0 aromatic carbocycles. The lowest BCUT2D eigenvalue weighted by atomic mass is 10.1. The Balaban J connectivity index is 4.60. The van der Waals surface area contributed by atoms with Crippen molar-refractivity contribution in [3.05, 3.63) is 134 Å². The fourth-order valence-electron chi connectivity index (χ4n) is 5.87. The van der Waals surface area contributed by atoms with Gasteiger partial charge in [0, 0.05) is 19.3 Å². The Morgan fingerprint density at radius 1 is 0.323 bits per heavy atom. The highest BCUT2D eigenvalue weighted by molar-refractivity contribution is 5.71. The lowest BCUT2D eigenvalue weighted by Gasteiger charge is -2.18. The minimum Gasteiger partial charge on any atom is -0.462 e. The van der Waals surface area contributed by atoms with Gasteiger partial charge in [-0.2, -0.15) is 0 Å². The third-order valence-electron chi connectivity index (χ3n) is 9.39. The van der Waals surface area contributed by atoms with Gasteiger partial charge in [-0.3, -0.25) is 14.4 Å². The van der Waals surface area contributed by atoms with Crippen LogP contribution in [0.3, 0.4) is 0 Å². The second-order valence-electron chi connectivity index (χ2n) is 15.2. The number of carbonyl (C=O) groups excluding carboxylic acids is 3. The first-order valence-corrected chi connectivity index (χ1v) is 24.2. The van der Waals surface area contributed by atoms with E-state index >= 15 is 0 Å². The molecule has 0 bridgehead atoms. The maximum atomic E-state index is 12.8. The van der Waals surface area contributed by atoms with Crippen molar-refractivity contribution in [2.75, 3.05) is 13.2 Å². The van der Waals surface area contributed by atoms with E-state index in [1.165, 1.54) is 0 Å². The molecule has 0 heterocycles. The molecule has 0 spiro atoms. The van der Waals surface area contributed by atoms with E-state index < -0.39 is 6.10 Å². The molecule has 1 atom stereocenters. The smallest absolute Gasteiger partial charge is 0.306 e. The van der Waals surface area contributed by atoms with Gasteiger partial charge in [0.25, 0.3) is 0 Å². The highest BCUT2D eigenvalue weighted by atomic mass is 16.6. The zero-order valence-electron chi connectivity index (χ0n) is 39.3. The van der Waals surface area contributed by atoms with Crippen LogP contribution in [0.5, 0.6) is 0 Å². The Morgan fingerprint density at radius 3 is 1.02 bits per heavy atom. The molecule has 0 aromatic heterocycles. The van der Waals surface area contributed by atoms with Gasteiger partial charge in [0.15, 0.2) is 6.10 Å². The van der Waals surface area contributed by atoms with Crippen LogP contribution in [0.4, 0.5) is 0 Å². The van der Waals surface area contributed by atoms with E-state index in [0.717, 1.165) is 128 Å². The normalized spacial score (nSPS) is 13.3.